The third-order valence-corrected chi connectivity index (χ3v) is 3.23. The maximum atomic E-state index is 11.1. The number of benzene rings is 1. The second-order valence-corrected chi connectivity index (χ2v) is 4.46. The summed E-state index contributed by atoms with van der Waals surface area (Å²) in [6.07, 6.45) is 1.70. The lowest BCUT2D eigenvalue weighted by Crippen LogP contribution is -2.40. The summed E-state index contributed by atoms with van der Waals surface area (Å²) in [5.41, 5.74) is 0.183. The average molecular weight is 266 g/mol. The van der Waals surface area contributed by atoms with E-state index in [2.05, 4.69) is 5.32 Å². The van der Waals surface area contributed by atoms with Crippen molar-refractivity contribution >= 4 is 17.3 Å². The molecule has 0 spiro atoms. The topological polar surface area (TPSA) is 102 Å². The predicted molar refractivity (Wildman–Crippen MR) is 67.5 cm³/mol. The van der Waals surface area contributed by atoms with E-state index < -0.39 is 10.9 Å². The molecule has 1 aromatic rings. The molecule has 1 aliphatic rings. The number of nitro benzene ring substituents is 1. The van der Waals surface area contributed by atoms with Gasteiger partial charge >= 0.3 is 5.97 Å². The van der Waals surface area contributed by atoms with E-state index in [1.165, 1.54) is 18.2 Å². The lowest BCUT2D eigenvalue weighted by molar-refractivity contribution is -0.384. The van der Waals surface area contributed by atoms with Crippen molar-refractivity contribution in [1.82, 2.24) is 0 Å². The van der Waals surface area contributed by atoms with Crippen LogP contribution in [-0.2, 0) is 4.74 Å². The van der Waals surface area contributed by atoms with Gasteiger partial charge in [0.25, 0.3) is 5.69 Å². The van der Waals surface area contributed by atoms with E-state index in [4.69, 9.17) is 9.84 Å². The molecule has 0 aromatic heterocycles. The summed E-state index contributed by atoms with van der Waals surface area (Å²) >= 11 is 0. The first kappa shape index (κ1) is 13.3. The molecule has 7 nitrogen and oxygen atoms in total. The van der Waals surface area contributed by atoms with Crippen molar-refractivity contribution in [2.24, 2.45) is 0 Å². The minimum Gasteiger partial charge on any atom is -0.478 e. The van der Waals surface area contributed by atoms with Crippen LogP contribution in [0.1, 0.15) is 23.2 Å². The summed E-state index contributed by atoms with van der Waals surface area (Å²) in [6.45, 7) is 0. The van der Waals surface area contributed by atoms with Gasteiger partial charge in [-0.3, -0.25) is 10.1 Å². The first-order valence-corrected chi connectivity index (χ1v) is 5.82. The largest absolute Gasteiger partial charge is 0.478 e. The van der Waals surface area contributed by atoms with Crippen molar-refractivity contribution in [1.29, 1.82) is 0 Å². The van der Waals surface area contributed by atoms with E-state index in [9.17, 15) is 14.9 Å². The Bertz CT molecular complexity index is 511. The highest BCUT2D eigenvalue weighted by molar-refractivity contribution is 5.94. The van der Waals surface area contributed by atoms with E-state index in [1.54, 1.807) is 7.11 Å². The summed E-state index contributed by atoms with van der Waals surface area (Å²) in [6, 6.07) is 3.77. The van der Waals surface area contributed by atoms with Crippen LogP contribution in [0.2, 0.25) is 0 Å². The first-order chi connectivity index (χ1) is 9.01. The molecule has 102 valence electrons. The third kappa shape index (κ3) is 2.82. The number of hydrogen-bond acceptors (Lipinski definition) is 5. The van der Waals surface area contributed by atoms with Crippen LogP contribution in [-0.4, -0.2) is 35.3 Å². The van der Waals surface area contributed by atoms with Gasteiger partial charge in [-0.1, -0.05) is 0 Å². The molecule has 2 rings (SSSR count). The molecule has 19 heavy (non-hydrogen) atoms. The minimum absolute atomic E-state index is 0.0338. The van der Waals surface area contributed by atoms with Crippen LogP contribution in [0.5, 0.6) is 0 Å². The summed E-state index contributed by atoms with van der Waals surface area (Å²) in [4.78, 5) is 21.2. The van der Waals surface area contributed by atoms with Crippen molar-refractivity contribution in [2.45, 2.75) is 25.0 Å². The number of carbonyl (C=O) groups is 1. The van der Waals surface area contributed by atoms with E-state index in [-0.39, 0.29) is 29.1 Å². The monoisotopic (exact) mass is 266 g/mol. The molecule has 0 bridgehead atoms. The molecular formula is C12H14N2O5. The molecule has 0 radical (unpaired) electrons. The van der Waals surface area contributed by atoms with Gasteiger partial charge < -0.3 is 15.2 Å². The molecule has 0 saturated heterocycles. The van der Waals surface area contributed by atoms with Gasteiger partial charge in [0.1, 0.15) is 0 Å². The van der Waals surface area contributed by atoms with Crippen LogP contribution < -0.4 is 5.32 Å². The molecule has 0 atom stereocenters. The zero-order chi connectivity index (χ0) is 14.0. The Labute approximate surface area is 109 Å². The number of aromatic carboxylic acids is 1. The van der Waals surface area contributed by atoms with Gasteiger partial charge in [-0.15, -0.1) is 0 Å². The number of nitrogens with one attached hydrogen (secondary N) is 1. The highest BCUT2D eigenvalue weighted by atomic mass is 16.6. The van der Waals surface area contributed by atoms with Gasteiger partial charge in [-0.05, 0) is 18.9 Å². The Morgan fingerprint density at radius 2 is 2.21 bits per heavy atom. The number of hydrogen-bond donors (Lipinski definition) is 2. The SMILES string of the molecule is COC1CC(Nc2cc([N+](=O)[O-])ccc2C(=O)O)C1. The quantitative estimate of drug-likeness (QED) is 0.623. The van der Waals surface area contributed by atoms with Crippen molar-refractivity contribution in [3.8, 4) is 0 Å². The number of methoxy groups -OCH3 is 1. The molecule has 0 unspecified atom stereocenters. The van der Waals surface area contributed by atoms with Crippen LogP contribution in [0, 0.1) is 10.1 Å². The fourth-order valence-electron chi connectivity index (χ4n) is 2.05. The average Bonchev–Trinajstić information content (AvgIpc) is 2.32. The van der Waals surface area contributed by atoms with E-state index in [0.29, 0.717) is 0 Å². The number of carboxylic acids is 1. The summed E-state index contributed by atoms with van der Waals surface area (Å²) in [5, 5.41) is 22.8. The Kier molecular flexibility index (Phi) is 3.66. The zero-order valence-corrected chi connectivity index (χ0v) is 10.3. The molecule has 1 aromatic carbocycles. The number of carboxylic acid groups (broad SMARTS) is 1. The van der Waals surface area contributed by atoms with Crippen molar-refractivity contribution in [3.05, 3.63) is 33.9 Å². The highest BCUT2D eigenvalue weighted by Crippen LogP contribution is 2.29. The van der Waals surface area contributed by atoms with Gasteiger partial charge in [0.2, 0.25) is 0 Å². The Hall–Kier alpha value is -2.15. The summed E-state index contributed by atoms with van der Waals surface area (Å²) in [7, 11) is 1.62. The Morgan fingerprint density at radius 1 is 1.53 bits per heavy atom. The van der Waals surface area contributed by atoms with Gasteiger partial charge in [0.15, 0.2) is 0 Å². The Morgan fingerprint density at radius 3 is 2.74 bits per heavy atom. The summed E-state index contributed by atoms with van der Waals surface area (Å²) in [5.74, 6) is -1.11. The van der Waals surface area contributed by atoms with Gasteiger partial charge in [0.05, 0.1) is 22.3 Å². The molecule has 0 heterocycles. The molecule has 1 aliphatic carbocycles. The highest BCUT2D eigenvalue weighted by Gasteiger charge is 2.30. The number of ether oxygens (including phenoxy) is 1. The maximum absolute atomic E-state index is 11.1. The van der Waals surface area contributed by atoms with Crippen molar-refractivity contribution < 1.29 is 19.6 Å². The number of nitrogens with zero attached hydrogens (tertiary/aromatic N) is 1. The smallest absolute Gasteiger partial charge is 0.337 e. The van der Waals surface area contributed by atoms with Gasteiger partial charge in [-0.25, -0.2) is 4.79 Å². The fraction of sp³-hybridized carbons (Fsp3) is 0.417. The number of non-ortho nitro benzene ring substituents is 1. The van der Waals surface area contributed by atoms with E-state index in [1.807, 2.05) is 0 Å². The fourth-order valence-corrected chi connectivity index (χ4v) is 2.05. The van der Waals surface area contributed by atoms with Crippen molar-refractivity contribution in [3.63, 3.8) is 0 Å². The zero-order valence-electron chi connectivity index (χ0n) is 10.3. The lowest BCUT2D eigenvalue weighted by Gasteiger charge is -2.35. The van der Waals surface area contributed by atoms with Crippen LogP contribution >= 0.6 is 0 Å². The molecule has 2 N–H and O–H groups in total. The van der Waals surface area contributed by atoms with Gasteiger partial charge in [-0.2, -0.15) is 0 Å². The predicted octanol–water partition coefficient (Wildman–Crippen LogP) is 1.88. The second-order valence-electron chi connectivity index (χ2n) is 4.46. The molecule has 0 aliphatic heterocycles. The van der Waals surface area contributed by atoms with Crippen LogP contribution in [0.25, 0.3) is 0 Å². The van der Waals surface area contributed by atoms with E-state index >= 15 is 0 Å². The van der Waals surface area contributed by atoms with Crippen molar-refractivity contribution in [2.75, 3.05) is 12.4 Å². The third-order valence-electron chi connectivity index (χ3n) is 3.23. The molecule has 7 heteroatoms. The van der Waals surface area contributed by atoms with Crippen LogP contribution in [0.15, 0.2) is 18.2 Å². The number of rotatable bonds is 5. The lowest BCUT2D eigenvalue weighted by atomic mass is 9.89. The summed E-state index contributed by atoms with van der Waals surface area (Å²) < 4.78 is 5.13. The van der Waals surface area contributed by atoms with E-state index in [0.717, 1.165) is 12.8 Å². The van der Waals surface area contributed by atoms with Gasteiger partial charge in [0, 0.05) is 25.3 Å². The minimum atomic E-state index is -1.11. The second kappa shape index (κ2) is 5.23. The number of nitro groups is 1. The standard InChI is InChI=1S/C12H14N2O5/c1-19-9-4-7(5-9)13-11-6-8(14(17)18)2-3-10(11)12(15)16/h2-3,6-7,9,13H,4-5H2,1H3,(H,15,16). The molecule has 1 fully saturated rings. The maximum Gasteiger partial charge on any atom is 0.337 e. The van der Waals surface area contributed by atoms with Crippen LogP contribution in [0.3, 0.4) is 0 Å². The Balaban J connectivity index is 2.18. The first-order valence-electron chi connectivity index (χ1n) is 5.82. The molecular weight excluding hydrogens is 252 g/mol. The van der Waals surface area contributed by atoms with Crippen LogP contribution in [0.4, 0.5) is 11.4 Å². The molecule has 0 amide bonds. The normalized spacial score (nSPS) is 21.5. The number of anilines is 1. The molecule has 1 saturated carbocycles.